The van der Waals surface area contributed by atoms with E-state index in [1.54, 1.807) is 36.2 Å². The number of amides is 1. The quantitative estimate of drug-likeness (QED) is 0.865. The molecular weight excluding hydrogens is 292 g/mol. The number of nitrogen functional groups attached to an aromatic ring is 1. The van der Waals surface area contributed by atoms with Crippen molar-refractivity contribution in [1.29, 1.82) is 0 Å². The summed E-state index contributed by atoms with van der Waals surface area (Å²) in [6.07, 6.45) is 0. The van der Waals surface area contributed by atoms with E-state index in [1.807, 2.05) is 24.3 Å². The van der Waals surface area contributed by atoms with Crippen LogP contribution in [0.4, 0.5) is 11.4 Å². The Morgan fingerprint density at radius 2 is 1.83 bits per heavy atom. The van der Waals surface area contributed by atoms with E-state index in [0.29, 0.717) is 11.3 Å². The van der Waals surface area contributed by atoms with E-state index in [1.165, 1.54) is 0 Å². The second-order valence-corrected chi connectivity index (χ2v) is 4.88. The Hall–Kier alpha value is -1.81. The third-order valence-corrected chi connectivity index (χ3v) is 3.15. The maximum atomic E-state index is 12.3. The van der Waals surface area contributed by atoms with Crippen LogP contribution in [-0.2, 0) is 0 Å². The van der Waals surface area contributed by atoms with Crippen molar-refractivity contribution in [3.8, 4) is 0 Å². The molecule has 0 unspecified atom stereocenters. The van der Waals surface area contributed by atoms with Crippen LogP contribution in [0.25, 0.3) is 0 Å². The van der Waals surface area contributed by atoms with Gasteiger partial charge in [-0.1, -0.05) is 22.0 Å². The van der Waals surface area contributed by atoms with Crippen molar-refractivity contribution < 1.29 is 4.79 Å². The molecule has 0 aromatic heterocycles. The minimum Gasteiger partial charge on any atom is -0.399 e. The van der Waals surface area contributed by atoms with Crippen molar-refractivity contribution in [1.82, 2.24) is 0 Å². The van der Waals surface area contributed by atoms with Crippen LogP contribution in [-0.4, -0.2) is 13.0 Å². The van der Waals surface area contributed by atoms with Gasteiger partial charge in [-0.15, -0.1) is 0 Å². The Morgan fingerprint density at radius 1 is 1.17 bits per heavy atom. The van der Waals surface area contributed by atoms with Crippen LogP contribution >= 0.6 is 15.9 Å². The summed E-state index contributed by atoms with van der Waals surface area (Å²) < 4.78 is 0.888. The van der Waals surface area contributed by atoms with Crippen LogP contribution in [0.3, 0.4) is 0 Å². The normalized spacial score (nSPS) is 10.1. The number of anilines is 2. The van der Waals surface area contributed by atoms with E-state index in [2.05, 4.69) is 15.9 Å². The summed E-state index contributed by atoms with van der Waals surface area (Å²) in [5, 5.41) is 0. The molecule has 0 spiro atoms. The molecular formula is C14H13BrN2O. The first-order valence-corrected chi connectivity index (χ1v) is 6.26. The van der Waals surface area contributed by atoms with Gasteiger partial charge in [0.2, 0.25) is 0 Å². The van der Waals surface area contributed by atoms with Crippen molar-refractivity contribution in [3.05, 3.63) is 58.6 Å². The van der Waals surface area contributed by atoms with Crippen LogP contribution < -0.4 is 10.6 Å². The zero-order valence-corrected chi connectivity index (χ0v) is 11.5. The first-order valence-electron chi connectivity index (χ1n) is 5.47. The first kappa shape index (κ1) is 12.6. The molecule has 0 atom stereocenters. The average Bonchev–Trinajstić information content (AvgIpc) is 2.38. The highest BCUT2D eigenvalue weighted by molar-refractivity contribution is 9.10. The average molecular weight is 305 g/mol. The summed E-state index contributed by atoms with van der Waals surface area (Å²) in [5.74, 6) is -0.0546. The van der Waals surface area contributed by atoms with Gasteiger partial charge >= 0.3 is 0 Å². The van der Waals surface area contributed by atoms with Crippen LogP contribution in [0.15, 0.2) is 53.0 Å². The van der Waals surface area contributed by atoms with Crippen molar-refractivity contribution in [2.24, 2.45) is 0 Å². The molecule has 0 radical (unpaired) electrons. The molecule has 0 aliphatic heterocycles. The van der Waals surface area contributed by atoms with Crippen LogP contribution in [0.5, 0.6) is 0 Å². The van der Waals surface area contributed by atoms with Crippen molar-refractivity contribution in [2.75, 3.05) is 17.7 Å². The van der Waals surface area contributed by atoms with Gasteiger partial charge in [0.1, 0.15) is 0 Å². The van der Waals surface area contributed by atoms with Crippen molar-refractivity contribution in [2.45, 2.75) is 0 Å². The second kappa shape index (κ2) is 5.23. The topological polar surface area (TPSA) is 46.3 Å². The molecule has 2 aromatic carbocycles. The summed E-state index contributed by atoms with van der Waals surface area (Å²) in [6, 6.07) is 14.5. The summed E-state index contributed by atoms with van der Waals surface area (Å²) in [5.41, 5.74) is 7.76. The highest BCUT2D eigenvalue weighted by Crippen LogP contribution is 2.19. The van der Waals surface area contributed by atoms with Gasteiger partial charge in [-0.05, 0) is 42.5 Å². The number of hydrogen-bond donors (Lipinski definition) is 1. The fourth-order valence-electron chi connectivity index (χ4n) is 1.63. The van der Waals surface area contributed by atoms with Crippen LogP contribution in [0.1, 0.15) is 10.4 Å². The third-order valence-electron chi connectivity index (χ3n) is 2.66. The minimum atomic E-state index is -0.0546. The number of benzene rings is 2. The maximum Gasteiger partial charge on any atom is 0.258 e. The number of carbonyl (C=O) groups is 1. The number of carbonyl (C=O) groups excluding carboxylic acids is 1. The lowest BCUT2D eigenvalue weighted by Crippen LogP contribution is -2.26. The number of nitrogens with zero attached hydrogens (tertiary/aromatic N) is 1. The summed E-state index contributed by atoms with van der Waals surface area (Å²) in [6.45, 7) is 0. The van der Waals surface area contributed by atoms with E-state index >= 15 is 0 Å². The number of halogens is 1. The van der Waals surface area contributed by atoms with Crippen LogP contribution in [0, 0.1) is 0 Å². The lowest BCUT2D eigenvalue weighted by Gasteiger charge is -2.17. The van der Waals surface area contributed by atoms with Gasteiger partial charge in [0, 0.05) is 28.5 Å². The Labute approximate surface area is 114 Å². The van der Waals surface area contributed by atoms with E-state index in [0.717, 1.165) is 10.2 Å². The number of nitrogens with two attached hydrogens (primary N) is 1. The van der Waals surface area contributed by atoms with E-state index in [4.69, 9.17) is 5.73 Å². The van der Waals surface area contributed by atoms with Crippen LogP contribution in [0.2, 0.25) is 0 Å². The summed E-state index contributed by atoms with van der Waals surface area (Å²) in [4.78, 5) is 13.9. The van der Waals surface area contributed by atoms with E-state index < -0.39 is 0 Å². The zero-order valence-electron chi connectivity index (χ0n) is 9.93. The van der Waals surface area contributed by atoms with Gasteiger partial charge in [-0.2, -0.15) is 0 Å². The Morgan fingerprint density at radius 3 is 2.44 bits per heavy atom. The molecule has 3 nitrogen and oxygen atoms in total. The molecule has 4 heteroatoms. The van der Waals surface area contributed by atoms with E-state index in [-0.39, 0.29) is 5.91 Å². The molecule has 0 fully saturated rings. The molecule has 2 N–H and O–H groups in total. The fraction of sp³-hybridized carbons (Fsp3) is 0.0714. The maximum absolute atomic E-state index is 12.3. The Kier molecular flexibility index (Phi) is 3.67. The lowest BCUT2D eigenvalue weighted by atomic mass is 10.2. The molecule has 0 bridgehead atoms. The van der Waals surface area contributed by atoms with Gasteiger partial charge in [-0.25, -0.2) is 0 Å². The molecule has 0 aliphatic carbocycles. The van der Waals surface area contributed by atoms with Gasteiger partial charge in [0.15, 0.2) is 0 Å². The van der Waals surface area contributed by atoms with Gasteiger partial charge in [-0.3, -0.25) is 4.79 Å². The summed E-state index contributed by atoms with van der Waals surface area (Å²) >= 11 is 3.36. The first-order chi connectivity index (χ1) is 8.58. The molecule has 2 aromatic rings. The van der Waals surface area contributed by atoms with Gasteiger partial charge in [0.25, 0.3) is 5.91 Å². The molecule has 0 saturated carbocycles. The minimum absolute atomic E-state index is 0.0546. The number of hydrogen-bond acceptors (Lipinski definition) is 2. The molecule has 0 aliphatic rings. The predicted molar refractivity (Wildman–Crippen MR) is 77.7 cm³/mol. The molecule has 0 saturated heterocycles. The SMILES string of the molecule is CN(C(=O)c1cccc(Br)c1)c1ccc(N)cc1. The fourth-order valence-corrected chi connectivity index (χ4v) is 2.03. The lowest BCUT2D eigenvalue weighted by molar-refractivity contribution is 0.0993. The highest BCUT2D eigenvalue weighted by Gasteiger charge is 2.13. The molecule has 18 heavy (non-hydrogen) atoms. The predicted octanol–water partition coefficient (Wildman–Crippen LogP) is 3.31. The zero-order chi connectivity index (χ0) is 13.1. The number of rotatable bonds is 2. The largest absolute Gasteiger partial charge is 0.399 e. The summed E-state index contributed by atoms with van der Waals surface area (Å²) in [7, 11) is 1.74. The second-order valence-electron chi connectivity index (χ2n) is 3.97. The van der Waals surface area contributed by atoms with Gasteiger partial charge < -0.3 is 10.6 Å². The van der Waals surface area contributed by atoms with Crippen molar-refractivity contribution >= 4 is 33.2 Å². The highest BCUT2D eigenvalue weighted by atomic mass is 79.9. The molecule has 0 heterocycles. The Bertz CT molecular complexity index is 566. The van der Waals surface area contributed by atoms with Crippen molar-refractivity contribution in [3.63, 3.8) is 0 Å². The third kappa shape index (κ3) is 2.71. The standard InChI is InChI=1S/C14H13BrN2O/c1-17(13-7-5-12(16)6-8-13)14(18)10-3-2-4-11(15)9-10/h2-9H,16H2,1H3. The molecule has 2 rings (SSSR count). The molecule has 1 amide bonds. The van der Waals surface area contributed by atoms with E-state index in [9.17, 15) is 4.79 Å². The monoisotopic (exact) mass is 304 g/mol. The molecule has 92 valence electrons. The van der Waals surface area contributed by atoms with Gasteiger partial charge in [0.05, 0.1) is 0 Å². The smallest absolute Gasteiger partial charge is 0.258 e. The Balaban J connectivity index is 2.26.